The lowest BCUT2D eigenvalue weighted by atomic mass is 9.78. The molecule has 6 heteroatoms. The van der Waals surface area contributed by atoms with E-state index >= 15 is 0 Å². The molecule has 0 spiro atoms. The Kier molecular flexibility index (Phi) is 4.74. The standard InChI is InChI=1S/C23H25N3O3/c1-3-26-18-13-25(22(29)19(24)15-9-5-4-6-10-15)14-23(18,2)20(27)16-11-7-8-12-17(16)21(26)28/h4-12,18-19H,3,13-14,24H2,1-2H3/t18-,19-,23+/m1/s1. The van der Waals surface area contributed by atoms with Gasteiger partial charge in [-0.25, -0.2) is 0 Å². The average molecular weight is 391 g/mol. The van der Waals surface area contributed by atoms with Gasteiger partial charge in [0.25, 0.3) is 5.91 Å². The van der Waals surface area contributed by atoms with Crippen molar-refractivity contribution in [3.05, 3.63) is 71.3 Å². The van der Waals surface area contributed by atoms with Gasteiger partial charge in [0.05, 0.1) is 17.0 Å². The molecule has 2 aromatic carbocycles. The summed E-state index contributed by atoms with van der Waals surface area (Å²) >= 11 is 0. The number of hydrogen-bond acceptors (Lipinski definition) is 4. The molecule has 2 aliphatic heterocycles. The van der Waals surface area contributed by atoms with E-state index in [-0.39, 0.29) is 30.2 Å². The van der Waals surface area contributed by atoms with Gasteiger partial charge in [-0.3, -0.25) is 14.4 Å². The summed E-state index contributed by atoms with van der Waals surface area (Å²) in [5.41, 5.74) is 6.96. The molecule has 3 atom stereocenters. The second-order valence-corrected chi connectivity index (χ2v) is 8.01. The number of amides is 2. The molecular formula is C23H25N3O3. The maximum Gasteiger partial charge on any atom is 0.254 e. The average Bonchev–Trinajstić information content (AvgIpc) is 3.09. The van der Waals surface area contributed by atoms with Gasteiger partial charge in [0, 0.05) is 25.2 Å². The number of fused-ring (bicyclic) bond motifs is 2. The summed E-state index contributed by atoms with van der Waals surface area (Å²) in [5, 5.41) is 0. The Morgan fingerprint density at radius 2 is 1.72 bits per heavy atom. The summed E-state index contributed by atoms with van der Waals surface area (Å²) in [5.74, 6) is -0.479. The minimum atomic E-state index is -0.871. The second kappa shape index (κ2) is 7.12. The highest BCUT2D eigenvalue weighted by Gasteiger charge is 2.55. The number of carbonyl (C=O) groups excluding carboxylic acids is 3. The first-order valence-electron chi connectivity index (χ1n) is 9.92. The number of rotatable bonds is 3. The van der Waals surface area contributed by atoms with Gasteiger partial charge in [0.15, 0.2) is 5.78 Å². The van der Waals surface area contributed by atoms with E-state index in [0.717, 1.165) is 5.56 Å². The topological polar surface area (TPSA) is 83.7 Å². The molecule has 4 rings (SSSR count). The molecule has 0 radical (unpaired) electrons. The maximum absolute atomic E-state index is 13.5. The number of hydrogen-bond donors (Lipinski definition) is 1. The predicted molar refractivity (Wildman–Crippen MR) is 109 cm³/mol. The Bertz CT molecular complexity index is 974. The van der Waals surface area contributed by atoms with Gasteiger partial charge in [-0.2, -0.15) is 0 Å². The van der Waals surface area contributed by atoms with E-state index in [2.05, 4.69) is 0 Å². The molecule has 0 unspecified atom stereocenters. The molecule has 0 aliphatic carbocycles. The first-order chi connectivity index (χ1) is 13.9. The fourth-order valence-corrected chi connectivity index (χ4v) is 4.65. The van der Waals surface area contributed by atoms with Gasteiger partial charge in [-0.15, -0.1) is 0 Å². The van der Waals surface area contributed by atoms with Crippen LogP contribution in [0.1, 0.15) is 46.2 Å². The Balaban J connectivity index is 1.70. The van der Waals surface area contributed by atoms with Gasteiger partial charge in [0.1, 0.15) is 6.04 Å². The van der Waals surface area contributed by atoms with Crippen molar-refractivity contribution in [2.75, 3.05) is 19.6 Å². The van der Waals surface area contributed by atoms with E-state index < -0.39 is 11.5 Å². The summed E-state index contributed by atoms with van der Waals surface area (Å²) in [6.45, 7) is 4.77. The molecule has 29 heavy (non-hydrogen) atoms. The second-order valence-electron chi connectivity index (χ2n) is 8.01. The Morgan fingerprint density at radius 3 is 2.38 bits per heavy atom. The third-order valence-corrected chi connectivity index (χ3v) is 6.28. The molecule has 2 N–H and O–H groups in total. The summed E-state index contributed by atoms with van der Waals surface area (Å²) < 4.78 is 0. The van der Waals surface area contributed by atoms with Crippen LogP contribution in [0.3, 0.4) is 0 Å². The summed E-state index contributed by atoms with van der Waals surface area (Å²) in [6.07, 6.45) is 0. The number of likely N-dealkylation sites (N-methyl/N-ethyl adjacent to an activating group) is 1. The number of ketones is 1. The molecule has 150 valence electrons. The molecule has 1 fully saturated rings. The van der Waals surface area contributed by atoms with E-state index in [1.807, 2.05) is 44.2 Å². The highest BCUT2D eigenvalue weighted by atomic mass is 16.2. The van der Waals surface area contributed by atoms with Crippen LogP contribution in [0.4, 0.5) is 0 Å². The van der Waals surface area contributed by atoms with E-state index in [0.29, 0.717) is 24.2 Å². The molecule has 0 aromatic heterocycles. The molecule has 1 saturated heterocycles. The fraction of sp³-hybridized carbons (Fsp3) is 0.348. The molecule has 6 nitrogen and oxygen atoms in total. The lowest BCUT2D eigenvalue weighted by Gasteiger charge is -2.34. The molecule has 0 saturated carbocycles. The van der Waals surface area contributed by atoms with Gasteiger partial charge in [-0.1, -0.05) is 48.5 Å². The smallest absolute Gasteiger partial charge is 0.254 e. The third-order valence-electron chi connectivity index (χ3n) is 6.28. The Morgan fingerprint density at radius 1 is 1.10 bits per heavy atom. The monoisotopic (exact) mass is 391 g/mol. The van der Waals surface area contributed by atoms with Crippen molar-refractivity contribution in [1.29, 1.82) is 0 Å². The lowest BCUT2D eigenvalue weighted by molar-refractivity contribution is -0.132. The number of benzene rings is 2. The molecule has 0 bridgehead atoms. The summed E-state index contributed by atoms with van der Waals surface area (Å²) in [6, 6.07) is 15.0. The zero-order valence-corrected chi connectivity index (χ0v) is 16.7. The minimum Gasteiger partial charge on any atom is -0.338 e. The predicted octanol–water partition coefficient (Wildman–Crippen LogP) is 2.26. The van der Waals surface area contributed by atoms with Crippen molar-refractivity contribution >= 4 is 17.6 Å². The first kappa shape index (κ1) is 19.3. The van der Waals surface area contributed by atoms with Crippen LogP contribution in [-0.2, 0) is 4.79 Å². The number of nitrogens with zero attached hydrogens (tertiary/aromatic N) is 2. The van der Waals surface area contributed by atoms with Gasteiger partial charge < -0.3 is 15.5 Å². The van der Waals surface area contributed by atoms with Crippen molar-refractivity contribution in [1.82, 2.24) is 9.80 Å². The number of nitrogens with two attached hydrogens (primary N) is 1. The normalized spacial score (nSPS) is 24.7. The van der Waals surface area contributed by atoms with E-state index in [1.54, 1.807) is 34.1 Å². The Hall–Kier alpha value is -2.99. The maximum atomic E-state index is 13.5. The third kappa shape index (κ3) is 2.95. The van der Waals surface area contributed by atoms with Gasteiger partial charge in [0.2, 0.25) is 5.91 Å². The minimum absolute atomic E-state index is 0.0917. The van der Waals surface area contributed by atoms with Crippen LogP contribution < -0.4 is 5.73 Å². The highest BCUT2D eigenvalue weighted by Crippen LogP contribution is 2.41. The van der Waals surface area contributed by atoms with E-state index in [4.69, 9.17) is 5.73 Å². The fourth-order valence-electron chi connectivity index (χ4n) is 4.65. The SMILES string of the molecule is CCN1C(=O)c2ccccc2C(=O)[C@@]2(C)CN(C(=O)[C@H](N)c3ccccc3)C[C@@H]12. The van der Waals surface area contributed by atoms with Crippen LogP contribution in [0.5, 0.6) is 0 Å². The van der Waals surface area contributed by atoms with Crippen LogP contribution >= 0.6 is 0 Å². The largest absolute Gasteiger partial charge is 0.338 e. The molecule has 2 amide bonds. The Labute approximate surface area is 170 Å². The number of likely N-dealkylation sites (tertiary alicyclic amines) is 1. The van der Waals surface area contributed by atoms with Crippen molar-refractivity contribution in [3.63, 3.8) is 0 Å². The molecular weight excluding hydrogens is 366 g/mol. The number of Topliss-reactive ketones (excluding diaryl/α,β-unsaturated/α-hetero) is 1. The lowest BCUT2D eigenvalue weighted by Crippen LogP contribution is -2.49. The summed E-state index contributed by atoms with van der Waals surface area (Å²) in [4.78, 5) is 43.2. The highest BCUT2D eigenvalue weighted by molar-refractivity contribution is 6.12. The van der Waals surface area contributed by atoms with Crippen molar-refractivity contribution in [2.24, 2.45) is 11.1 Å². The first-order valence-corrected chi connectivity index (χ1v) is 9.92. The molecule has 2 aromatic rings. The van der Waals surface area contributed by atoms with Crippen LogP contribution in [0, 0.1) is 5.41 Å². The van der Waals surface area contributed by atoms with Crippen LogP contribution in [0.2, 0.25) is 0 Å². The molecule has 2 heterocycles. The van der Waals surface area contributed by atoms with Crippen LogP contribution in [0.25, 0.3) is 0 Å². The van der Waals surface area contributed by atoms with E-state index in [1.165, 1.54) is 0 Å². The van der Waals surface area contributed by atoms with E-state index in [9.17, 15) is 14.4 Å². The zero-order chi connectivity index (χ0) is 20.8. The van der Waals surface area contributed by atoms with Crippen molar-refractivity contribution in [2.45, 2.75) is 25.9 Å². The van der Waals surface area contributed by atoms with Crippen molar-refractivity contribution < 1.29 is 14.4 Å². The molecule has 2 aliphatic rings. The van der Waals surface area contributed by atoms with Gasteiger partial charge in [-0.05, 0) is 25.5 Å². The van der Waals surface area contributed by atoms with Gasteiger partial charge >= 0.3 is 0 Å². The van der Waals surface area contributed by atoms with Crippen LogP contribution in [-0.4, -0.2) is 53.1 Å². The van der Waals surface area contributed by atoms with Crippen LogP contribution in [0.15, 0.2) is 54.6 Å². The zero-order valence-electron chi connectivity index (χ0n) is 16.7. The van der Waals surface area contributed by atoms with Crippen molar-refractivity contribution in [3.8, 4) is 0 Å². The quantitative estimate of drug-likeness (QED) is 0.870. The summed E-state index contributed by atoms with van der Waals surface area (Å²) in [7, 11) is 0. The number of carbonyl (C=O) groups is 3.